The van der Waals surface area contributed by atoms with Gasteiger partial charge in [0.05, 0.1) is 27.4 Å². The van der Waals surface area contributed by atoms with Crippen LogP contribution in [0, 0.1) is 0 Å². The zero-order valence-electron chi connectivity index (χ0n) is 20.8. The van der Waals surface area contributed by atoms with Gasteiger partial charge in [-0.1, -0.05) is 38.8 Å². The minimum Gasteiger partial charge on any atom is -0.496 e. The zero-order valence-corrected chi connectivity index (χ0v) is 20.8. The Morgan fingerprint density at radius 3 is 2.44 bits per heavy atom. The van der Waals surface area contributed by atoms with Gasteiger partial charge in [0.1, 0.15) is 5.75 Å². The van der Waals surface area contributed by atoms with Gasteiger partial charge in [-0.2, -0.15) is 0 Å². The van der Waals surface area contributed by atoms with Crippen LogP contribution in [0.15, 0.2) is 36.4 Å². The molecule has 184 valence electrons. The van der Waals surface area contributed by atoms with Crippen LogP contribution in [0.4, 0.5) is 10.5 Å². The highest BCUT2D eigenvalue weighted by Gasteiger charge is 2.28. The molecule has 1 saturated heterocycles. The fourth-order valence-corrected chi connectivity index (χ4v) is 4.11. The van der Waals surface area contributed by atoms with Crippen LogP contribution >= 0.6 is 0 Å². The van der Waals surface area contributed by atoms with E-state index < -0.39 is 0 Å². The molecule has 7 heteroatoms. The van der Waals surface area contributed by atoms with Gasteiger partial charge >= 0.3 is 6.03 Å². The van der Waals surface area contributed by atoms with Crippen molar-refractivity contribution >= 4 is 17.5 Å². The average molecular weight is 469 g/mol. The SMILES string of the molecule is CCCCCOc1cc(N2CCCN(Cc3ccc(C(=O)CC)cc3OC)C2=O)ccc1OC. The fourth-order valence-electron chi connectivity index (χ4n) is 4.11. The van der Waals surface area contributed by atoms with Crippen molar-refractivity contribution in [2.24, 2.45) is 0 Å². The number of methoxy groups -OCH3 is 2. The minimum absolute atomic E-state index is 0.0656. The second-order valence-corrected chi connectivity index (χ2v) is 8.40. The number of carbonyl (C=O) groups is 2. The van der Waals surface area contributed by atoms with Gasteiger partial charge in [-0.15, -0.1) is 0 Å². The Kier molecular flexibility index (Phi) is 9.19. The van der Waals surface area contributed by atoms with E-state index in [0.717, 1.165) is 36.9 Å². The number of amides is 2. The summed E-state index contributed by atoms with van der Waals surface area (Å²) in [6, 6.07) is 11.0. The summed E-state index contributed by atoms with van der Waals surface area (Å²) >= 11 is 0. The number of urea groups is 1. The third-order valence-electron chi connectivity index (χ3n) is 6.07. The first-order valence-electron chi connectivity index (χ1n) is 12.1. The van der Waals surface area contributed by atoms with E-state index in [4.69, 9.17) is 14.2 Å². The fraction of sp³-hybridized carbons (Fsp3) is 0.481. The second-order valence-electron chi connectivity index (χ2n) is 8.40. The zero-order chi connectivity index (χ0) is 24.5. The van der Waals surface area contributed by atoms with Crippen molar-refractivity contribution in [3.63, 3.8) is 0 Å². The second kappa shape index (κ2) is 12.3. The number of Topliss-reactive ketones (excluding diaryl/α,β-unsaturated/α-hetero) is 1. The predicted octanol–water partition coefficient (Wildman–Crippen LogP) is 5.70. The van der Waals surface area contributed by atoms with Crippen molar-refractivity contribution in [1.82, 2.24) is 4.90 Å². The van der Waals surface area contributed by atoms with Crippen molar-refractivity contribution < 1.29 is 23.8 Å². The van der Waals surface area contributed by atoms with E-state index in [9.17, 15) is 9.59 Å². The van der Waals surface area contributed by atoms with Crippen LogP contribution in [-0.2, 0) is 6.54 Å². The molecule has 1 aliphatic heterocycles. The van der Waals surface area contributed by atoms with Crippen molar-refractivity contribution in [3.8, 4) is 17.2 Å². The molecule has 0 aliphatic carbocycles. The molecule has 7 nitrogen and oxygen atoms in total. The highest BCUT2D eigenvalue weighted by atomic mass is 16.5. The lowest BCUT2D eigenvalue weighted by molar-refractivity contribution is 0.0987. The molecule has 0 radical (unpaired) electrons. The quantitative estimate of drug-likeness (QED) is 0.295. The summed E-state index contributed by atoms with van der Waals surface area (Å²) in [7, 11) is 3.21. The summed E-state index contributed by atoms with van der Waals surface area (Å²) in [6.07, 6.45) is 4.50. The van der Waals surface area contributed by atoms with Crippen molar-refractivity contribution in [3.05, 3.63) is 47.5 Å². The molecule has 1 fully saturated rings. The first kappa shape index (κ1) is 25.4. The molecule has 1 aliphatic rings. The Bertz CT molecular complexity index is 991. The van der Waals surface area contributed by atoms with Gasteiger partial charge in [0.15, 0.2) is 17.3 Å². The van der Waals surface area contributed by atoms with Gasteiger partial charge in [-0.3, -0.25) is 9.69 Å². The number of rotatable bonds is 12. The molecular formula is C27H36N2O5. The van der Waals surface area contributed by atoms with Crippen LogP contribution in [0.1, 0.15) is 61.9 Å². The third-order valence-corrected chi connectivity index (χ3v) is 6.07. The van der Waals surface area contributed by atoms with Gasteiger partial charge in [0.25, 0.3) is 0 Å². The molecule has 0 bridgehead atoms. The number of hydrogen-bond donors (Lipinski definition) is 0. The number of benzene rings is 2. The molecule has 2 aromatic rings. The number of carbonyl (C=O) groups excluding carboxylic acids is 2. The largest absolute Gasteiger partial charge is 0.496 e. The lowest BCUT2D eigenvalue weighted by Crippen LogP contribution is -2.49. The molecule has 0 spiro atoms. The Morgan fingerprint density at radius 2 is 1.74 bits per heavy atom. The Balaban J connectivity index is 1.77. The molecule has 0 N–H and O–H groups in total. The standard InChI is InChI=1S/C27H36N2O5/c1-5-7-8-16-34-26-18-22(12-13-24(26)32-3)29-15-9-14-28(27(29)31)19-21-11-10-20(23(30)6-2)17-25(21)33-4/h10-13,17-18H,5-9,14-16,19H2,1-4H3. The van der Waals surface area contributed by atoms with E-state index in [1.54, 1.807) is 25.2 Å². The van der Waals surface area contributed by atoms with Crippen molar-refractivity contribution in [2.45, 2.75) is 52.5 Å². The molecule has 0 atom stereocenters. The van der Waals surface area contributed by atoms with Crippen LogP contribution in [0.5, 0.6) is 17.2 Å². The molecule has 34 heavy (non-hydrogen) atoms. The predicted molar refractivity (Wildman–Crippen MR) is 133 cm³/mol. The first-order valence-corrected chi connectivity index (χ1v) is 12.1. The van der Waals surface area contributed by atoms with Crippen LogP contribution in [0.2, 0.25) is 0 Å². The number of nitrogens with zero attached hydrogens (tertiary/aromatic N) is 2. The van der Waals surface area contributed by atoms with Gasteiger partial charge in [0.2, 0.25) is 0 Å². The van der Waals surface area contributed by atoms with Gasteiger partial charge < -0.3 is 19.1 Å². The Hall–Kier alpha value is -3.22. The van der Waals surface area contributed by atoms with Crippen LogP contribution in [0.25, 0.3) is 0 Å². The lowest BCUT2D eigenvalue weighted by Gasteiger charge is -2.36. The summed E-state index contributed by atoms with van der Waals surface area (Å²) in [4.78, 5) is 29.1. The third kappa shape index (κ3) is 6.01. The maximum absolute atomic E-state index is 13.4. The number of ether oxygens (including phenoxy) is 3. The van der Waals surface area contributed by atoms with Crippen LogP contribution < -0.4 is 19.1 Å². The van der Waals surface area contributed by atoms with Crippen LogP contribution in [-0.4, -0.2) is 50.6 Å². The van der Waals surface area contributed by atoms with E-state index in [0.29, 0.717) is 55.5 Å². The van der Waals surface area contributed by atoms with Crippen LogP contribution in [0.3, 0.4) is 0 Å². The van der Waals surface area contributed by atoms with Gasteiger partial charge in [-0.25, -0.2) is 4.79 Å². The molecule has 0 saturated carbocycles. The maximum Gasteiger partial charge on any atom is 0.324 e. The number of unbranched alkanes of at least 4 members (excludes halogenated alkanes) is 2. The molecule has 0 aromatic heterocycles. The molecule has 2 amide bonds. The highest BCUT2D eigenvalue weighted by molar-refractivity contribution is 5.96. The highest BCUT2D eigenvalue weighted by Crippen LogP contribution is 2.34. The monoisotopic (exact) mass is 468 g/mol. The molecule has 0 unspecified atom stereocenters. The number of hydrogen-bond acceptors (Lipinski definition) is 5. The normalized spacial score (nSPS) is 13.7. The Morgan fingerprint density at radius 1 is 0.941 bits per heavy atom. The summed E-state index contributed by atoms with van der Waals surface area (Å²) in [5.74, 6) is 2.00. The smallest absolute Gasteiger partial charge is 0.324 e. The first-order chi connectivity index (χ1) is 16.5. The van der Waals surface area contributed by atoms with Crippen molar-refractivity contribution in [2.75, 3.05) is 38.8 Å². The molecular weight excluding hydrogens is 432 g/mol. The average Bonchev–Trinajstić information content (AvgIpc) is 2.87. The van der Waals surface area contributed by atoms with E-state index in [-0.39, 0.29) is 11.8 Å². The molecule has 1 heterocycles. The minimum atomic E-state index is -0.0656. The van der Waals surface area contributed by atoms with E-state index in [2.05, 4.69) is 6.92 Å². The summed E-state index contributed by atoms with van der Waals surface area (Å²) in [6.45, 7) is 6.32. The van der Waals surface area contributed by atoms with E-state index in [1.807, 2.05) is 42.2 Å². The van der Waals surface area contributed by atoms with Crippen molar-refractivity contribution in [1.29, 1.82) is 0 Å². The maximum atomic E-state index is 13.4. The topological polar surface area (TPSA) is 68.3 Å². The molecule has 3 rings (SSSR count). The van der Waals surface area contributed by atoms with E-state index in [1.165, 1.54) is 0 Å². The molecule has 2 aromatic carbocycles. The lowest BCUT2D eigenvalue weighted by atomic mass is 10.0. The van der Waals surface area contributed by atoms with Gasteiger partial charge in [-0.05, 0) is 31.0 Å². The van der Waals surface area contributed by atoms with E-state index >= 15 is 0 Å². The summed E-state index contributed by atoms with van der Waals surface area (Å²) in [5, 5.41) is 0. The van der Waals surface area contributed by atoms with Gasteiger partial charge in [0, 0.05) is 42.4 Å². The summed E-state index contributed by atoms with van der Waals surface area (Å²) < 4.78 is 17.0. The Labute approximate surface area is 202 Å². The number of ketones is 1. The number of anilines is 1. The summed E-state index contributed by atoms with van der Waals surface area (Å²) in [5.41, 5.74) is 2.29.